The molecule has 0 saturated carbocycles. The van der Waals surface area contributed by atoms with Gasteiger partial charge in [0.2, 0.25) is 0 Å². The summed E-state index contributed by atoms with van der Waals surface area (Å²) in [6, 6.07) is 7.51. The third-order valence-electron chi connectivity index (χ3n) is 3.95. The lowest BCUT2D eigenvalue weighted by atomic mass is 9.96. The van der Waals surface area contributed by atoms with Gasteiger partial charge in [0.1, 0.15) is 5.75 Å². The van der Waals surface area contributed by atoms with Gasteiger partial charge in [-0.3, -0.25) is 4.79 Å². The van der Waals surface area contributed by atoms with Crippen molar-refractivity contribution >= 4 is 5.97 Å². The lowest BCUT2D eigenvalue weighted by Crippen LogP contribution is -2.38. The summed E-state index contributed by atoms with van der Waals surface area (Å²) < 4.78 is 5.54. The molecule has 1 aliphatic heterocycles. The number of likely N-dealkylation sites (tertiary alicyclic amines) is 1. The summed E-state index contributed by atoms with van der Waals surface area (Å²) in [4.78, 5) is 13.1. The highest BCUT2D eigenvalue weighted by atomic mass is 16.5. The van der Waals surface area contributed by atoms with E-state index >= 15 is 0 Å². The average Bonchev–Trinajstić information content (AvgIpc) is 2.48. The maximum atomic E-state index is 10.9. The minimum atomic E-state index is -0.711. The molecule has 1 aromatic rings. The first-order valence-electron chi connectivity index (χ1n) is 7.46. The number of benzene rings is 1. The number of rotatable bonds is 6. The quantitative estimate of drug-likeness (QED) is 0.838. The maximum absolute atomic E-state index is 10.9. The molecular weight excluding hydrogens is 270 g/mol. The highest BCUT2D eigenvalue weighted by Crippen LogP contribution is 2.27. The Bertz CT molecular complexity index is 469. The van der Waals surface area contributed by atoms with Gasteiger partial charge in [-0.15, -0.1) is 0 Å². The van der Waals surface area contributed by atoms with Crippen LogP contribution in [0.3, 0.4) is 0 Å². The summed E-state index contributed by atoms with van der Waals surface area (Å²) in [5.41, 5.74) is 0.791. The molecule has 116 valence electrons. The number of carbonyl (C=O) groups is 1. The first-order chi connectivity index (χ1) is 10.1. The van der Waals surface area contributed by atoms with Crippen molar-refractivity contribution in [3.05, 3.63) is 29.8 Å². The second kappa shape index (κ2) is 7.43. The Labute approximate surface area is 125 Å². The molecule has 1 saturated heterocycles. The van der Waals surface area contributed by atoms with Crippen molar-refractivity contribution < 1.29 is 19.7 Å². The molecule has 0 aromatic heterocycles. The molecule has 0 aliphatic carbocycles. The molecule has 1 fully saturated rings. The summed E-state index contributed by atoms with van der Waals surface area (Å²) in [6.45, 7) is 4.42. The van der Waals surface area contributed by atoms with Crippen LogP contribution in [0, 0.1) is 5.92 Å². The Kier molecular flexibility index (Phi) is 5.59. The van der Waals surface area contributed by atoms with E-state index in [1.807, 2.05) is 31.2 Å². The smallest absolute Gasteiger partial charge is 0.306 e. The van der Waals surface area contributed by atoms with Crippen LogP contribution >= 0.6 is 0 Å². The van der Waals surface area contributed by atoms with Gasteiger partial charge in [-0.1, -0.05) is 18.2 Å². The Morgan fingerprint density at radius 2 is 2.05 bits per heavy atom. The lowest BCUT2D eigenvalue weighted by Gasteiger charge is -2.31. The van der Waals surface area contributed by atoms with E-state index < -0.39 is 12.1 Å². The van der Waals surface area contributed by atoms with Crippen molar-refractivity contribution in [2.24, 2.45) is 5.92 Å². The van der Waals surface area contributed by atoms with E-state index in [1.165, 1.54) is 0 Å². The summed E-state index contributed by atoms with van der Waals surface area (Å²) in [6.07, 6.45) is 0.679. The molecule has 1 heterocycles. The number of aliphatic hydroxyl groups is 1. The van der Waals surface area contributed by atoms with Crippen LogP contribution in [-0.4, -0.2) is 47.3 Å². The number of para-hydroxylation sites is 1. The van der Waals surface area contributed by atoms with Gasteiger partial charge >= 0.3 is 5.97 Å². The molecular formula is C16H23NO4. The lowest BCUT2D eigenvalue weighted by molar-refractivity contribution is -0.143. The summed E-state index contributed by atoms with van der Waals surface area (Å²) in [5, 5.41) is 19.4. The minimum absolute atomic E-state index is 0.242. The number of hydrogen-bond acceptors (Lipinski definition) is 4. The van der Waals surface area contributed by atoms with E-state index in [-0.39, 0.29) is 5.92 Å². The average molecular weight is 293 g/mol. The molecule has 2 rings (SSSR count). The first-order valence-corrected chi connectivity index (χ1v) is 7.46. The standard InChI is InChI=1S/C16H23NO4/c1-2-21-15-6-4-3-5-13(15)14(18)11-17-9-7-12(8-10-17)16(19)20/h3-6,12,14,18H,2,7-11H2,1H3,(H,19,20). The second-order valence-electron chi connectivity index (χ2n) is 5.40. The summed E-state index contributed by atoms with van der Waals surface area (Å²) in [7, 11) is 0. The van der Waals surface area contributed by atoms with Crippen molar-refractivity contribution in [3.63, 3.8) is 0 Å². The minimum Gasteiger partial charge on any atom is -0.493 e. The van der Waals surface area contributed by atoms with E-state index in [0.29, 0.717) is 44.8 Å². The van der Waals surface area contributed by atoms with E-state index in [9.17, 15) is 9.90 Å². The van der Waals surface area contributed by atoms with Gasteiger partial charge < -0.3 is 19.8 Å². The molecule has 0 bridgehead atoms. The zero-order chi connectivity index (χ0) is 15.2. The van der Waals surface area contributed by atoms with Gasteiger partial charge in [0.15, 0.2) is 0 Å². The van der Waals surface area contributed by atoms with Crippen molar-refractivity contribution in [1.82, 2.24) is 4.90 Å². The Balaban J connectivity index is 1.93. The van der Waals surface area contributed by atoms with Crippen LogP contribution in [0.15, 0.2) is 24.3 Å². The van der Waals surface area contributed by atoms with Gasteiger partial charge in [0.05, 0.1) is 18.6 Å². The monoisotopic (exact) mass is 293 g/mol. The number of aliphatic carboxylic acids is 1. The highest BCUT2D eigenvalue weighted by Gasteiger charge is 2.26. The van der Waals surface area contributed by atoms with Crippen LogP contribution in [0.1, 0.15) is 31.4 Å². The zero-order valence-electron chi connectivity index (χ0n) is 12.4. The number of hydrogen-bond donors (Lipinski definition) is 2. The van der Waals surface area contributed by atoms with Crippen molar-refractivity contribution in [2.75, 3.05) is 26.2 Å². The first kappa shape index (κ1) is 15.8. The van der Waals surface area contributed by atoms with E-state index in [4.69, 9.17) is 9.84 Å². The summed E-state index contributed by atoms with van der Waals surface area (Å²) in [5.74, 6) is -0.237. The molecule has 21 heavy (non-hydrogen) atoms. The van der Waals surface area contributed by atoms with Crippen molar-refractivity contribution in [3.8, 4) is 5.75 Å². The maximum Gasteiger partial charge on any atom is 0.306 e. The fraction of sp³-hybridized carbons (Fsp3) is 0.562. The number of ether oxygens (including phenoxy) is 1. The van der Waals surface area contributed by atoms with Gasteiger partial charge in [-0.2, -0.15) is 0 Å². The second-order valence-corrected chi connectivity index (χ2v) is 5.40. The van der Waals surface area contributed by atoms with Crippen LogP contribution in [0.25, 0.3) is 0 Å². The van der Waals surface area contributed by atoms with Gasteiger partial charge in [0, 0.05) is 12.1 Å². The predicted octanol–water partition coefficient (Wildman–Crippen LogP) is 1.92. The van der Waals surface area contributed by atoms with E-state index in [2.05, 4.69) is 4.90 Å². The molecule has 2 N–H and O–H groups in total. The SMILES string of the molecule is CCOc1ccccc1C(O)CN1CCC(C(=O)O)CC1. The molecule has 1 aromatic carbocycles. The number of β-amino-alcohol motifs (C(OH)–C–C–N with tert-alkyl or cyclic N) is 1. The zero-order valence-corrected chi connectivity index (χ0v) is 12.4. The predicted molar refractivity (Wildman–Crippen MR) is 79.4 cm³/mol. The Hall–Kier alpha value is -1.59. The molecule has 0 radical (unpaired) electrons. The molecule has 1 unspecified atom stereocenters. The third kappa shape index (κ3) is 4.19. The van der Waals surface area contributed by atoms with Gasteiger partial charge in [-0.05, 0) is 38.9 Å². The molecule has 5 heteroatoms. The van der Waals surface area contributed by atoms with E-state index in [1.54, 1.807) is 0 Å². The Morgan fingerprint density at radius 3 is 2.67 bits per heavy atom. The summed E-state index contributed by atoms with van der Waals surface area (Å²) >= 11 is 0. The molecule has 1 atom stereocenters. The van der Waals surface area contributed by atoms with Crippen LogP contribution in [0.4, 0.5) is 0 Å². The van der Waals surface area contributed by atoms with E-state index in [0.717, 1.165) is 5.56 Å². The number of carboxylic acid groups (broad SMARTS) is 1. The van der Waals surface area contributed by atoms with Crippen LogP contribution in [0.2, 0.25) is 0 Å². The number of piperidine rings is 1. The van der Waals surface area contributed by atoms with Crippen LogP contribution < -0.4 is 4.74 Å². The van der Waals surface area contributed by atoms with Gasteiger partial charge in [-0.25, -0.2) is 0 Å². The number of carboxylic acids is 1. The molecule has 0 spiro atoms. The van der Waals surface area contributed by atoms with Crippen LogP contribution in [-0.2, 0) is 4.79 Å². The number of aliphatic hydroxyl groups excluding tert-OH is 1. The fourth-order valence-corrected chi connectivity index (χ4v) is 2.75. The normalized spacial score (nSPS) is 18.4. The van der Waals surface area contributed by atoms with Crippen molar-refractivity contribution in [2.45, 2.75) is 25.9 Å². The molecule has 1 aliphatic rings. The van der Waals surface area contributed by atoms with Gasteiger partial charge in [0.25, 0.3) is 0 Å². The van der Waals surface area contributed by atoms with Crippen molar-refractivity contribution in [1.29, 1.82) is 0 Å². The topological polar surface area (TPSA) is 70.0 Å². The molecule has 5 nitrogen and oxygen atoms in total. The Morgan fingerprint density at radius 1 is 1.38 bits per heavy atom. The largest absolute Gasteiger partial charge is 0.493 e. The highest BCUT2D eigenvalue weighted by molar-refractivity contribution is 5.70. The third-order valence-corrected chi connectivity index (χ3v) is 3.95. The molecule has 0 amide bonds. The fourth-order valence-electron chi connectivity index (χ4n) is 2.75. The van der Waals surface area contributed by atoms with Crippen LogP contribution in [0.5, 0.6) is 5.75 Å². The number of nitrogens with zero attached hydrogens (tertiary/aromatic N) is 1.